The van der Waals surface area contributed by atoms with E-state index in [4.69, 9.17) is 0 Å². The minimum absolute atomic E-state index is 0.0454. The zero-order valence-corrected chi connectivity index (χ0v) is 20.9. The molecule has 2 aromatic carbocycles. The molecule has 0 bridgehead atoms. The number of aryl methyl sites for hydroxylation is 1. The number of anilines is 1. The molecule has 1 saturated heterocycles. The first-order valence-corrected chi connectivity index (χ1v) is 13.5. The van der Waals surface area contributed by atoms with E-state index in [0.717, 1.165) is 29.0 Å². The molecule has 0 N–H and O–H groups in total. The van der Waals surface area contributed by atoms with Gasteiger partial charge in [0.2, 0.25) is 15.9 Å². The van der Waals surface area contributed by atoms with E-state index in [-0.39, 0.29) is 33.3 Å². The maximum absolute atomic E-state index is 14.4. The molecule has 2 aromatic heterocycles. The van der Waals surface area contributed by atoms with Crippen molar-refractivity contribution in [2.24, 2.45) is 0 Å². The highest BCUT2D eigenvalue weighted by Crippen LogP contribution is 2.34. The van der Waals surface area contributed by atoms with Gasteiger partial charge in [-0.05, 0) is 49.6 Å². The van der Waals surface area contributed by atoms with Crippen LogP contribution in [0.3, 0.4) is 0 Å². The van der Waals surface area contributed by atoms with Crippen molar-refractivity contribution in [1.29, 1.82) is 0 Å². The number of pyridine rings is 1. The Bertz CT molecular complexity index is 1530. The van der Waals surface area contributed by atoms with Crippen LogP contribution in [-0.4, -0.2) is 41.2 Å². The Hall–Kier alpha value is -3.28. The fourth-order valence-electron chi connectivity index (χ4n) is 4.28. The van der Waals surface area contributed by atoms with Crippen LogP contribution in [0.4, 0.5) is 13.9 Å². The fraction of sp³-hybridized carbons (Fsp3) is 0.240. The number of aromatic nitrogens is 2. The first kappa shape index (κ1) is 24.4. The number of nitrogens with zero attached hydrogens (tertiary/aromatic N) is 4. The number of halogens is 2. The Balaban J connectivity index is 1.54. The van der Waals surface area contributed by atoms with Crippen LogP contribution in [0.5, 0.6) is 0 Å². The maximum Gasteiger partial charge on any atom is 0.247 e. The lowest BCUT2D eigenvalue weighted by atomic mass is 10.2. The maximum atomic E-state index is 14.4. The fourth-order valence-corrected chi connectivity index (χ4v) is 6.94. The summed E-state index contributed by atoms with van der Waals surface area (Å²) in [4.78, 5) is 23.8. The van der Waals surface area contributed by atoms with Crippen molar-refractivity contribution in [2.45, 2.75) is 37.2 Å². The molecular formula is C25H22F2N4O3S2. The molecule has 3 heterocycles. The van der Waals surface area contributed by atoms with Crippen molar-refractivity contribution >= 4 is 42.6 Å². The molecule has 0 aliphatic carbocycles. The van der Waals surface area contributed by atoms with Crippen molar-refractivity contribution in [3.05, 3.63) is 83.7 Å². The molecule has 1 fully saturated rings. The Morgan fingerprint density at radius 3 is 2.69 bits per heavy atom. The minimum Gasteiger partial charge on any atom is -0.282 e. The summed E-state index contributed by atoms with van der Waals surface area (Å²) in [5, 5.41) is 0.155. The quantitative estimate of drug-likeness (QED) is 0.363. The van der Waals surface area contributed by atoms with Crippen molar-refractivity contribution in [3.63, 3.8) is 0 Å². The van der Waals surface area contributed by atoms with E-state index >= 15 is 0 Å². The van der Waals surface area contributed by atoms with E-state index in [0.29, 0.717) is 18.4 Å². The number of carbonyl (C=O) groups is 1. The summed E-state index contributed by atoms with van der Waals surface area (Å²) in [5.41, 5.74) is 1.56. The van der Waals surface area contributed by atoms with Crippen LogP contribution < -0.4 is 4.90 Å². The second-order valence-electron chi connectivity index (χ2n) is 8.60. The molecule has 11 heteroatoms. The average Bonchev–Trinajstić information content (AvgIpc) is 3.51. The average molecular weight is 529 g/mol. The lowest BCUT2D eigenvalue weighted by Gasteiger charge is -2.28. The van der Waals surface area contributed by atoms with Gasteiger partial charge in [0.15, 0.2) is 10.9 Å². The number of rotatable bonds is 6. The monoisotopic (exact) mass is 528 g/mol. The van der Waals surface area contributed by atoms with Gasteiger partial charge in [-0.2, -0.15) is 4.31 Å². The summed E-state index contributed by atoms with van der Waals surface area (Å²) in [5.74, 6) is -2.05. The predicted octanol–water partition coefficient (Wildman–Crippen LogP) is 4.66. The van der Waals surface area contributed by atoms with E-state index < -0.39 is 33.6 Å². The van der Waals surface area contributed by atoms with Crippen molar-refractivity contribution in [2.75, 3.05) is 11.4 Å². The van der Waals surface area contributed by atoms with Gasteiger partial charge in [-0.1, -0.05) is 35.1 Å². The lowest BCUT2D eigenvalue weighted by Crippen LogP contribution is -2.47. The Morgan fingerprint density at radius 1 is 1.19 bits per heavy atom. The molecule has 1 amide bonds. The van der Waals surface area contributed by atoms with Crippen LogP contribution in [-0.2, 0) is 21.4 Å². The molecule has 36 heavy (non-hydrogen) atoms. The van der Waals surface area contributed by atoms with Crippen LogP contribution in [0.25, 0.3) is 10.2 Å². The van der Waals surface area contributed by atoms with Crippen molar-refractivity contribution in [3.8, 4) is 0 Å². The SMILES string of the molecule is Cc1ccc(S(=O)(=O)N2CCCC2C(=O)N(Cc2cccnc2)c2nc3c(F)cc(F)cc3s2)cc1. The van der Waals surface area contributed by atoms with E-state index in [9.17, 15) is 22.0 Å². The largest absolute Gasteiger partial charge is 0.282 e. The number of fused-ring (bicyclic) bond motifs is 1. The molecule has 186 valence electrons. The summed E-state index contributed by atoms with van der Waals surface area (Å²) >= 11 is 0.972. The standard InChI is InChI=1S/C25H22F2N4O3S2/c1-16-6-8-19(9-7-16)36(33,34)31-11-3-5-21(31)24(32)30(15-17-4-2-10-28-14-17)25-29-23-20(27)12-18(26)13-22(23)35-25/h2,4,6-10,12-14,21H,3,5,11,15H2,1H3. The molecule has 1 aliphatic heterocycles. The van der Waals surface area contributed by atoms with E-state index in [1.54, 1.807) is 36.7 Å². The van der Waals surface area contributed by atoms with E-state index in [2.05, 4.69) is 9.97 Å². The number of benzene rings is 2. The number of hydrogen-bond acceptors (Lipinski definition) is 6. The molecule has 5 rings (SSSR count). The summed E-state index contributed by atoms with van der Waals surface area (Å²) in [7, 11) is -3.93. The zero-order chi connectivity index (χ0) is 25.4. The Morgan fingerprint density at radius 2 is 1.97 bits per heavy atom. The van der Waals surface area contributed by atoms with Crippen molar-refractivity contribution in [1.82, 2.24) is 14.3 Å². The van der Waals surface area contributed by atoms with Crippen LogP contribution in [0.15, 0.2) is 65.8 Å². The molecular weight excluding hydrogens is 506 g/mol. The summed E-state index contributed by atoms with van der Waals surface area (Å²) in [6, 6.07) is 10.9. The Labute approximate surface area is 211 Å². The summed E-state index contributed by atoms with van der Waals surface area (Å²) in [6.07, 6.45) is 4.03. The molecule has 0 spiro atoms. The van der Waals surface area contributed by atoms with Gasteiger partial charge in [0, 0.05) is 25.0 Å². The van der Waals surface area contributed by atoms with Gasteiger partial charge < -0.3 is 0 Å². The zero-order valence-electron chi connectivity index (χ0n) is 19.3. The number of hydrogen-bond donors (Lipinski definition) is 0. The van der Waals surface area contributed by atoms with Crippen LogP contribution in [0.2, 0.25) is 0 Å². The minimum atomic E-state index is -3.93. The van der Waals surface area contributed by atoms with Crippen molar-refractivity contribution < 1.29 is 22.0 Å². The molecule has 1 aliphatic rings. The summed E-state index contributed by atoms with van der Waals surface area (Å²) < 4.78 is 56.6. The van der Waals surface area contributed by atoms with Gasteiger partial charge in [-0.15, -0.1) is 0 Å². The van der Waals surface area contributed by atoms with Gasteiger partial charge in [-0.3, -0.25) is 14.7 Å². The second kappa shape index (κ2) is 9.64. The number of sulfonamides is 1. The molecule has 1 unspecified atom stereocenters. The number of thiazole rings is 1. The second-order valence-corrected chi connectivity index (χ2v) is 11.5. The van der Waals surface area contributed by atoms with Gasteiger partial charge in [-0.25, -0.2) is 22.2 Å². The van der Waals surface area contributed by atoms with Gasteiger partial charge in [0.05, 0.1) is 16.1 Å². The topological polar surface area (TPSA) is 83.5 Å². The third-order valence-corrected chi connectivity index (χ3v) is 9.03. The molecule has 7 nitrogen and oxygen atoms in total. The van der Waals surface area contributed by atoms with Gasteiger partial charge in [0.1, 0.15) is 17.4 Å². The smallest absolute Gasteiger partial charge is 0.247 e. The van der Waals surface area contributed by atoms with Gasteiger partial charge in [0.25, 0.3) is 0 Å². The Kier molecular flexibility index (Phi) is 6.54. The highest BCUT2D eigenvalue weighted by molar-refractivity contribution is 7.89. The highest BCUT2D eigenvalue weighted by Gasteiger charge is 2.42. The van der Waals surface area contributed by atoms with E-state index in [1.807, 2.05) is 6.92 Å². The normalized spacial score (nSPS) is 16.5. The predicted molar refractivity (Wildman–Crippen MR) is 133 cm³/mol. The lowest BCUT2D eigenvalue weighted by molar-refractivity contribution is -0.121. The molecule has 0 radical (unpaired) electrons. The first-order chi connectivity index (χ1) is 17.2. The van der Waals surface area contributed by atoms with Crippen LogP contribution in [0, 0.1) is 18.6 Å². The van der Waals surface area contributed by atoms with E-state index in [1.165, 1.54) is 21.3 Å². The third kappa shape index (κ3) is 4.61. The summed E-state index contributed by atoms with van der Waals surface area (Å²) in [6.45, 7) is 2.11. The first-order valence-electron chi connectivity index (χ1n) is 11.3. The number of carbonyl (C=O) groups excluding carboxylic acids is 1. The highest BCUT2D eigenvalue weighted by atomic mass is 32.2. The van der Waals surface area contributed by atoms with Gasteiger partial charge >= 0.3 is 0 Å². The molecule has 0 saturated carbocycles. The number of amides is 1. The third-order valence-electron chi connectivity index (χ3n) is 6.08. The molecule has 1 atom stereocenters. The van der Waals surface area contributed by atoms with Crippen LogP contribution in [0.1, 0.15) is 24.0 Å². The molecule has 4 aromatic rings. The van der Waals surface area contributed by atoms with Crippen LogP contribution >= 0.6 is 11.3 Å².